The van der Waals surface area contributed by atoms with Crippen LogP contribution in [0.1, 0.15) is 70.8 Å². The molecule has 2 spiro atoms. The fraction of sp³-hybridized carbons (Fsp3) is 0.0667. The first-order valence-electron chi connectivity index (χ1n) is 32.9. The Hall–Kier alpha value is -11.1. The molecule has 13 aromatic carbocycles. The van der Waals surface area contributed by atoms with Crippen molar-refractivity contribution in [2.24, 2.45) is 0 Å². The summed E-state index contributed by atoms with van der Waals surface area (Å²) in [6.45, 7) is 8.97. The minimum absolute atomic E-state index is 0. The number of pyridine rings is 1. The molecule has 4 aliphatic carbocycles. The van der Waals surface area contributed by atoms with E-state index in [2.05, 4.69) is 333 Å². The van der Waals surface area contributed by atoms with E-state index in [-0.39, 0.29) is 26.5 Å². The molecule has 6 heteroatoms. The molecule has 0 atom stereocenters. The Labute approximate surface area is 573 Å². The van der Waals surface area contributed by atoms with Gasteiger partial charge in [-0.05, 0) is 159 Å². The van der Waals surface area contributed by atoms with Gasteiger partial charge in [0.25, 0.3) is 0 Å². The molecular formula is C90H59N4OPt-3. The number of hydrogen-bond acceptors (Lipinski definition) is 4. The Morgan fingerprint density at radius 2 is 0.812 bits per heavy atom. The van der Waals surface area contributed by atoms with Crippen molar-refractivity contribution in [3.8, 4) is 84.1 Å². The van der Waals surface area contributed by atoms with Gasteiger partial charge in [0.2, 0.25) is 0 Å². The minimum Gasteiger partial charge on any atom is -0.509 e. The van der Waals surface area contributed by atoms with E-state index in [1.165, 1.54) is 94.6 Å². The molecule has 2 aromatic heterocycles. The predicted octanol–water partition coefficient (Wildman–Crippen LogP) is 22.3. The van der Waals surface area contributed by atoms with E-state index in [1.54, 1.807) is 0 Å². The molecule has 0 radical (unpaired) electrons. The topological polar surface area (TPSA) is 33.5 Å². The van der Waals surface area contributed by atoms with Crippen molar-refractivity contribution >= 4 is 44.6 Å². The zero-order chi connectivity index (χ0) is 62.9. The number of nitrogens with zero attached hydrogens (tertiary/aromatic N) is 4. The first-order valence-corrected chi connectivity index (χ1v) is 32.9. The molecule has 0 fully saturated rings. The number of hydrogen-bond donors (Lipinski definition) is 0. The molecule has 458 valence electrons. The van der Waals surface area contributed by atoms with Gasteiger partial charge in [-0.3, -0.25) is 0 Å². The molecular weight excluding hydrogens is 1350 g/mol. The fourth-order valence-corrected chi connectivity index (χ4v) is 17.2. The summed E-state index contributed by atoms with van der Waals surface area (Å²) in [6.07, 6.45) is 1.91. The number of para-hydroxylation sites is 4. The molecule has 96 heavy (non-hydrogen) atoms. The van der Waals surface area contributed by atoms with Gasteiger partial charge in [-0.1, -0.05) is 245 Å². The Kier molecular flexibility index (Phi) is 12.3. The summed E-state index contributed by atoms with van der Waals surface area (Å²) in [7, 11) is 0. The smallest absolute Gasteiger partial charge is 0.135 e. The summed E-state index contributed by atoms with van der Waals surface area (Å²) in [6, 6.07) is 115. The van der Waals surface area contributed by atoms with Crippen molar-refractivity contribution in [2.75, 3.05) is 9.80 Å². The van der Waals surface area contributed by atoms with Crippen molar-refractivity contribution in [2.45, 2.75) is 37.0 Å². The number of aromatic nitrogens is 2. The second kappa shape index (κ2) is 20.9. The molecule has 0 saturated heterocycles. The molecule has 15 aromatic rings. The van der Waals surface area contributed by atoms with Gasteiger partial charge in [-0.25, -0.2) is 4.98 Å². The zero-order valence-corrected chi connectivity index (χ0v) is 55.2. The average Bonchev–Trinajstić information content (AvgIpc) is 1.52. The van der Waals surface area contributed by atoms with E-state index in [9.17, 15) is 0 Å². The van der Waals surface area contributed by atoms with E-state index in [4.69, 9.17) is 9.72 Å². The van der Waals surface area contributed by atoms with Crippen molar-refractivity contribution in [3.05, 3.63) is 366 Å². The van der Waals surface area contributed by atoms with Gasteiger partial charge in [0.05, 0.1) is 10.8 Å². The summed E-state index contributed by atoms with van der Waals surface area (Å²) < 4.78 is 9.09. The van der Waals surface area contributed by atoms with Gasteiger partial charge < -0.3 is 19.1 Å². The summed E-state index contributed by atoms with van der Waals surface area (Å²) in [4.78, 5) is 9.62. The van der Waals surface area contributed by atoms with Crippen molar-refractivity contribution < 1.29 is 25.8 Å². The molecule has 0 unspecified atom stereocenters. The largest absolute Gasteiger partial charge is 0.509 e. The van der Waals surface area contributed by atoms with Crippen molar-refractivity contribution in [3.63, 3.8) is 0 Å². The van der Waals surface area contributed by atoms with Crippen LogP contribution in [0.3, 0.4) is 0 Å². The number of fused-ring (bicyclic) bond motifs is 24. The Morgan fingerprint density at radius 1 is 0.375 bits per heavy atom. The zero-order valence-electron chi connectivity index (χ0n) is 52.9. The molecule has 0 bridgehead atoms. The van der Waals surface area contributed by atoms with Crippen LogP contribution < -0.4 is 14.5 Å². The summed E-state index contributed by atoms with van der Waals surface area (Å²) >= 11 is 0. The van der Waals surface area contributed by atoms with Crippen LogP contribution in [0.25, 0.3) is 94.4 Å². The SMILES string of the molecule is CC(C)(C)c1ccnc(-n2c3[c-]c(Oc4[c-]c(N5[CH-]N(c6c(-c7ccc8c(c7)-c7ccccc7C87c8ccccc8-c8ccccc87)cccc6-c6ccc7c(c6)-c6ccccc6C76c7ccccc7-c7ccccc76)c6ccccc65)ccc4)ccc3c3ccccc32)c1.[Pt]. The van der Waals surface area contributed by atoms with E-state index < -0.39 is 10.8 Å². The van der Waals surface area contributed by atoms with Gasteiger partial charge in [-0.2, -0.15) is 12.1 Å². The second-order valence-electron chi connectivity index (χ2n) is 26.9. The average molecular weight is 1410 g/mol. The maximum Gasteiger partial charge on any atom is 0.135 e. The molecule has 20 rings (SSSR count). The Balaban J connectivity index is 0.00000650. The van der Waals surface area contributed by atoms with Crippen LogP contribution in [-0.4, -0.2) is 9.55 Å². The maximum atomic E-state index is 6.88. The fourth-order valence-electron chi connectivity index (χ4n) is 17.2. The standard InChI is InChI=1S/C90H59N4O.Pt/c1-88(2,3)58-48-49-91-86(52-58)94-82-39-17-10-30-70(82)71-45-44-61(54-85(71)94)95-60-23-20-22-59(53-60)92-55-93(84-41-19-18-40-83(84)92)87-62(56-42-46-80-72(50-56)68-28-8-15-37-78(68)89(80)74-33-11-4-24-64(74)65-25-5-12-34-75(65)89)31-21-32-63(87)57-43-47-81-73(51-57)69-29-9-16-38-79(69)90(81)76-35-13-6-26-66(76)67-27-7-14-36-77(67)90;/h4-52,55H,1-3H3;/q-3;. The monoisotopic (exact) mass is 1410 g/mol. The number of anilines is 4. The third kappa shape index (κ3) is 7.75. The van der Waals surface area contributed by atoms with E-state index in [1.807, 2.05) is 18.3 Å². The second-order valence-corrected chi connectivity index (χ2v) is 26.9. The number of benzene rings is 13. The molecule has 3 heterocycles. The molecule has 0 saturated carbocycles. The molecule has 0 amide bonds. The number of rotatable bonds is 7. The Morgan fingerprint density at radius 3 is 1.34 bits per heavy atom. The van der Waals surface area contributed by atoms with E-state index >= 15 is 0 Å². The maximum absolute atomic E-state index is 6.88. The van der Waals surface area contributed by atoms with Crippen LogP contribution >= 0.6 is 0 Å². The molecule has 0 N–H and O–H groups in total. The van der Waals surface area contributed by atoms with Crippen molar-refractivity contribution in [1.29, 1.82) is 0 Å². The molecule has 5 aliphatic rings. The van der Waals surface area contributed by atoms with Crippen LogP contribution in [0, 0.1) is 18.8 Å². The quantitative estimate of drug-likeness (QED) is 0.149. The van der Waals surface area contributed by atoms with Crippen LogP contribution in [0.5, 0.6) is 11.5 Å². The molecule has 1 aliphatic heterocycles. The van der Waals surface area contributed by atoms with E-state index in [0.717, 1.165) is 72.6 Å². The predicted molar refractivity (Wildman–Crippen MR) is 386 cm³/mol. The molecule has 5 nitrogen and oxygen atoms in total. The van der Waals surface area contributed by atoms with Crippen LogP contribution in [0.2, 0.25) is 0 Å². The third-order valence-electron chi connectivity index (χ3n) is 21.2. The van der Waals surface area contributed by atoms with E-state index in [0.29, 0.717) is 11.5 Å². The third-order valence-corrected chi connectivity index (χ3v) is 21.2. The van der Waals surface area contributed by atoms with Gasteiger partial charge in [0, 0.05) is 72.5 Å². The van der Waals surface area contributed by atoms with Gasteiger partial charge in [0.15, 0.2) is 0 Å². The van der Waals surface area contributed by atoms with Gasteiger partial charge >= 0.3 is 0 Å². The Bertz CT molecular complexity index is 5490. The van der Waals surface area contributed by atoms with Gasteiger partial charge in [-0.15, -0.1) is 48.1 Å². The van der Waals surface area contributed by atoms with Crippen LogP contribution in [-0.2, 0) is 37.3 Å². The summed E-state index contributed by atoms with van der Waals surface area (Å²) in [5.41, 5.74) is 31.5. The summed E-state index contributed by atoms with van der Waals surface area (Å²) in [5.74, 6) is 2.00. The number of ether oxygens (including phenoxy) is 1. The van der Waals surface area contributed by atoms with Crippen molar-refractivity contribution in [1.82, 2.24) is 9.55 Å². The summed E-state index contributed by atoms with van der Waals surface area (Å²) in [5, 5.41) is 2.21. The van der Waals surface area contributed by atoms with Gasteiger partial charge in [0.1, 0.15) is 5.82 Å². The van der Waals surface area contributed by atoms with Crippen LogP contribution in [0.15, 0.2) is 297 Å². The van der Waals surface area contributed by atoms with Crippen LogP contribution in [0.4, 0.5) is 22.7 Å². The first-order chi connectivity index (χ1) is 46.7. The first kappa shape index (κ1) is 56.4. The normalized spacial score (nSPS) is 14.2. The minimum atomic E-state index is -0.460.